The van der Waals surface area contributed by atoms with Gasteiger partial charge in [-0.1, -0.05) is 6.07 Å². The van der Waals surface area contributed by atoms with E-state index in [1.54, 1.807) is 18.3 Å². The number of nitrogens with two attached hydrogens (primary N) is 2. The van der Waals surface area contributed by atoms with Crippen molar-refractivity contribution in [2.24, 2.45) is 11.5 Å². The molecule has 1 aliphatic carbocycles. The number of aromatic nitrogens is 3. The Labute approximate surface area is 156 Å². The fraction of sp³-hybridized carbons (Fsp3) is 0.278. The third-order valence-electron chi connectivity index (χ3n) is 3.94. The lowest BCUT2D eigenvalue weighted by Gasteiger charge is -2.06. The Morgan fingerprint density at radius 3 is 2.88 bits per heavy atom. The van der Waals surface area contributed by atoms with E-state index in [2.05, 4.69) is 15.4 Å². The third kappa shape index (κ3) is 4.66. The van der Waals surface area contributed by atoms with E-state index in [-0.39, 0.29) is 5.91 Å². The molecule has 26 heavy (non-hydrogen) atoms. The van der Waals surface area contributed by atoms with Crippen molar-refractivity contribution in [2.45, 2.75) is 31.6 Å². The van der Waals surface area contributed by atoms with Crippen LogP contribution in [0.3, 0.4) is 0 Å². The first-order valence-electron chi connectivity index (χ1n) is 8.36. The summed E-state index contributed by atoms with van der Waals surface area (Å²) in [7, 11) is 0. The van der Waals surface area contributed by atoms with E-state index in [1.807, 2.05) is 25.1 Å². The Morgan fingerprint density at radius 2 is 2.19 bits per heavy atom. The number of amides is 1. The van der Waals surface area contributed by atoms with Crippen molar-refractivity contribution in [3.05, 3.63) is 64.7 Å². The maximum absolute atomic E-state index is 12.2. The van der Waals surface area contributed by atoms with Crippen LogP contribution in [0, 0.1) is 6.92 Å². The first-order chi connectivity index (χ1) is 12.5. The molecule has 0 unspecified atom stereocenters. The Kier molecular flexibility index (Phi) is 5.62. The van der Waals surface area contributed by atoms with Gasteiger partial charge >= 0.3 is 0 Å². The topological polar surface area (TPSA) is 112 Å². The highest BCUT2D eigenvalue weighted by Gasteiger charge is 2.25. The van der Waals surface area contributed by atoms with Crippen molar-refractivity contribution in [1.29, 1.82) is 0 Å². The van der Waals surface area contributed by atoms with E-state index < -0.39 is 0 Å². The summed E-state index contributed by atoms with van der Waals surface area (Å²) in [6.45, 7) is 1.82. The summed E-state index contributed by atoms with van der Waals surface area (Å²) in [6.07, 6.45) is 8.79. The van der Waals surface area contributed by atoms with Crippen molar-refractivity contribution in [3.63, 3.8) is 0 Å². The average Bonchev–Trinajstić information content (AvgIpc) is 3.37. The van der Waals surface area contributed by atoms with Gasteiger partial charge in [0.25, 0.3) is 5.91 Å². The van der Waals surface area contributed by atoms with Crippen LogP contribution in [0.5, 0.6) is 0 Å². The Hall–Kier alpha value is -2.74. The van der Waals surface area contributed by atoms with Gasteiger partial charge in [0.1, 0.15) is 5.82 Å². The van der Waals surface area contributed by atoms with Gasteiger partial charge < -0.3 is 16.8 Å². The quantitative estimate of drug-likeness (QED) is 0.643. The Balaban J connectivity index is 1.63. The molecule has 3 rings (SSSR count). The number of thioether (sulfide) groups is 1. The number of rotatable bonds is 7. The molecule has 0 radical (unpaired) electrons. The fourth-order valence-corrected chi connectivity index (χ4v) is 2.96. The zero-order valence-corrected chi connectivity index (χ0v) is 15.4. The summed E-state index contributed by atoms with van der Waals surface area (Å²) >= 11 is 1.48. The van der Waals surface area contributed by atoms with Gasteiger partial charge in [0, 0.05) is 18.0 Å². The number of nitrogens with one attached hydrogen (secondary N) is 1. The van der Waals surface area contributed by atoms with Gasteiger partial charge in [-0.05, 0) is 44.1 Å². The molecule has 2 heterocycles. The van der Waals surface area contributed by atoms with Crippen LogP contribution in [-0.2, 0) is 5.75 Å². The SMILES string of the molecule is Cc1c(C(=O)NC2CC2)cnn1/C(N)=C/C=C(\N)SCc1ccccn1. The van der Waals surface area contributed by atoms with Crippen molar-refractivity contribution in [1.82, 2.24) is 20.1 Å². The lowest BCUT2D eigenvalue weighted by atomic mass is 10.2. The number of pyridine rings is 1. The van der Waals surface area contributed by atoms with Crippen LogP contribution in [0.4, 0.5) is 0 Å². The second-order valence-corrected chi connectivity index (χ2v) is 7.12. The van der Waals surface area contributed by atoms with E-state index in [9.17, 15) is 4.79 Å². The molecule has 1 fully saturated rings. The fourth-order valence-electron chi connectivity index (χ4n) is 2.31. The number of hydrogen-bond acceptors (Lipinski definition) is 6. The zero-order valence-electron chi connectivity index (χ0n) is 14.6. The summed E-state index contributed by atoms with van der Waals surface area (Å²) in [5, 5.41) is 7.78. The maximum Gasteiger partial charge on any atom is 0.254 e. The molecule has 0 bridgehead atoms. The van der Waals surface area contributed by atoms with Crippen LogP contribution in [0.25, 0.3) is 5.82 Å². The van der Waals surface area contributed by atoms with Crippen LogP contribution >= 0.6 is 11.8 Å². The molecule has 7 nitrogen and oxygen atoms in total. The van der Waals surface area contributed by atoms with Gasteiger partial charge in [-0.3, -0.25) is 9.78 Å². The number of allylic oxidation sites excluding steroid dienone is 2. The first kappa shape index (κ1) is 18.1. The summed E-state index contributed by atoms with van der Waals surface area (Å²) in [5.74, 6) is 0.975. The van der Waals surface area contributed by atoms with Crippen molar-refractivity contribution < 1.29 is 4.79 Å². The number of carbonyl (C=O) groups is 1. The molecule has 0 spiro atoms. The molecule has 0 atom stereocenters. The molecular weight excluding hydrogens is 348 g/mol. The lowest BCUT2D eigenvalue weighted by molar-refractivity contribution is 0.0950. The summed E-state index contributed by atoms with van der Waals surface area (Å²) < 4.78 is 1.54. The predicted molar refractivity (Wildman–Crippen MR) is 104 cm³/mol. The van der Waals surface area contributed by atoms with E-state index in [0.717, 1.165) is 18.5 Å². The first-order valence-corrected chi connectivity index (χ1v) is 9.34. The summed E-state index contributed by atoms with van der Waals surface area (Å²) in [5.41, 5.74) is 14.3. The Bertz CT molecular complexity index is 839. The monoisotopic (exact) mass is 370 g/mol. The van der Waals surface area contributed by atoms with Gasteiger partial charge in [-0.25, -0.2) is 4.68 Å². The van der Waals surface area contributed by atoms with Crippen LogP contribution in [0.1, 0.15) is 34.6 Å². The van der Waals surface area contributed by atoms with Crippen LogP contribution < -0.4 is 16.8 Å². The van der Waals surface area contributed by atoms with Gasteiger partial charge in [0.15, 0.2) is 0 Å². The van der Waals surface area contributed by atoms with Gasteiger partial charge in [0.2, 0.25) is 0 Å². The minimum absolute atomic E-state index is 0.106. The van der Waals surface area contributed by atoms with E-state index in [0.29, 0.717) is 33.9 Å². The normalized spacial score (nSPS) is 15.1. The number of nitrogens with zero attached hydrogens (tertiary/aromatic N) is 3. The molecule has 0 aliphatic heterocycles. The van der Waals surface area contributed by atoms with E-state index in [4.69, 9.17) is 11.5 Å². The highest BCUT2D eigenvalue weighted by Crippen LogP contribution is 2.20. The minimum atomic E-state index is -0.106. The second-order valence-electron chi connectivity index (χ2n) is 6.07. The zero-order chi connectivity index (χ0) is 18.5. The Morgan fingerprint density at radius 1 is 1.38 bits per heavy atom. The maximum atomic E-state index is 12.2. The molecule has 8 heteroatoms. The van der Waals surface area contributed by atoms with E-state index in [1.165, 1.54) is 22.6 Å². The van der Waals surface area contributed by atoms with Gasteiger partial charge in [-0.2, -0.15) is 5.10 Å². The molecule has 1 aliphatic rings. The van der Waals surface area contributed by atoms with Crippen molar-refractivity contribution in [2.75, 3.05) is 0 Å². The van der Waals surface area contributed by atoms with Crippen LogP contribution in [-0.4, -0.2) is 26.7 Å². The molecule has 2 aromatic heterocycles. The molecule has 1 amide bonds. The van der Waals surface area contributed by atoms with E-state index >= 15 is 0 Å². The number of carbonyl (C=O) groups excluding carboxylic acids is 1. The smallest absolute Gasteiger partial charge is 0.254 e. The summed E-state index contributed by atoms with van der Waals surface area (Å²) in [6, 6.07) is 6.07. The largest absolute Gasteiger partial charge is 0.394 e. The third-order valence-corrected chi connectivity index (χ3v) is 4.85. The molecule has 136 valence electrons. The van der Waals surface area contributed by atoms with Crippen LogP contribution in [0.2, 0.25) is 0 Å². The standard InChI is InChI=1S/C18H22N6OS/c1-12-15(18(25)23-13-5-6-13)10-22-24(12)16(19)7-8-17(20)26-11-14-4-2-3-9-21-14/h2-4,7-10,13H,5-6,11,19-20H2,1H3,(H,23,25)/b16-7+,17-8+. The molecule has 1 saturated carbocycles. The van der Waals surface area contributed by atoms with Crippen molar-refractivity contribution in [3.8, 4) is 0 Å². The number of hydrogen-bond donors (Lipinski definition) is 3. The second kappa shape index (κ2) is 8.09. The molecule has 0 saturated heterocycles. The predicted octanol–water partition coefficient (Wildman–Crippen LogP) is 1.97. The summed E-state index contributed by atoms with van der Waals surface area (Å²) in [4.78, 5) is 16.4. The molecule has 0 aromatic carbocycles. The molecule has 2 aromatic rings. The van der Waals surface area contributed by atoms with Crippen molar-refractivity contribution >= 4 is 23.5 Å². The van der Waals surface area contributed by atoms with Crippen LogP contribution in [0.15, 0.2) is 47.8 Å². The van der Waals surface area contributed by atoms with Gasteiger partial charge in [-0.15, -0.1) is 11.8 Å². The average molecular weight is 370 g/mol. The highest BCUT2D eigenvalue weighted by atomic mass is 32.2. The van der Waals surface area contributed by atoms with Gasteiger partial charge in [0.05, 0.1) is 28.2 Å². The minimum Gasteiger partial charge on any atom is -0.394 e. The molecular formula is C18H22N6OS. The molecule has 5 N–H and O–H groups in total. The highest BCUT2D eigenvalue weighted by molar-refractivity contribution is 8.02. The lowest BCUT2D eigenvalue weighted by Crippen LogP contribution is -2.25.